The van der Waals surface area contributed by atoms with E-state index in [0.29, 0.717) is 13.0 Å². The summed E-state index contributed by atoms with van der Waals surface area (Å²) in [5, 5.41) is 16.7. The van der Waals surface area contributed by atoms with E-state index in [-0.39, 0.29) is 6.10 Å². The molecule has 1 rings (SSSR count). The molecule has 0 fully saturated rings. The Hall–Kier alpha value is -0.910. The molecule has 86 valence electrons. The first-order valence-electron chi connectivity index (χ1n) is 5.07. The van der Waals surface area contributed by atoms with Gasteiger partial charge in [0.2, 0.25) is 0 Å². The van der Waals surface area contributed by atoms with Crippen LogP contribution < -0.4 is 5.32 Å². The van der Waals surface area contributed by atoms with Gasteiger partial charge in [-0.1, -0.05) is 0 Å². The second-order valence-corrected chi connectivity index (χ2v) is 3.60. The molecule has 5 heteroatoms. The highest BCUT2D eigenvalue weighted by Crippen LogP contribution is 1.96. The van der Waals surface area contributed by atoms with Crippen LogP contribution in [-0.2, 0) is 18.3 Å². The first-order valence-corrected chi connectivity index (χ1v) is 5.07. The molecule has 1 aromatic heterocycles. The van der Waals surface area contributed by atoms with Crippen molar-refractivity contribution in [2.75, 3.05) is 20.3 Å². The highest BCUT2D eigenvalue weighted by molar-refractivity contribution is 5.02. The number of aryl methyl sites for hydroxylation is 1. The summed E-state index contributed by atoms with van der Waals surface area (Å²) in [5.74, 6) is 0. The molecular formula is C10H19N3O2. The second-order valence-electron chi connectivity index (χ2n) is 3.60. The number of nitrogens with one attached hydrogen (secondary N) is 1. The molecule has 0 spiro atoms. The van der Waals surface area contributed by atoms with Crippen molar-refractivity contribution in [1.29, 1.82) is 0 Å². The minimum absolute atomic E-state index is 0.378. The van der Waals surface area contributed by atoms with E-state index in [0.717, 1.165) is 18.7 Å². The Bertz CT molecular complexity index is 275. The largest absolute Gasteiger partial charge is 0.391 e. The number of hydrogen-bond acceptors (Lipinski definition) is 4. The first-order chi connectivity index (χ1) is 7.22. The van der Waals surface area contributed by atoms with E-state index >= 15 is 0 Å². The lowest BCUT2D eigenvalue weighted by Gasteiger charge is -2.09. The van der Waals surface area contributed by atoms with Crippen molar-refractivity contribution < 1.29 is 9.84 Å². The normalized spacial score (nSPS) is 13.0. The number of aromatic nitrogens is 2. The lowest BCUT2D eigenvalue weighted by Crippen LogP contribution is -2.22. The van der Waals surface area contributed by atoms with Crippen LogP contribution in [0.3, 0.4) is 0 Å². The predicted octanol–water partition coefficient (Wildman–Crippen LogP) is -0.0929. The van der Waals surface area contributed by atoms with Crippen LogP contribution in [0.5, 0.6) is 0 Å². The Labute approximate surface area is 90.1 Å². The molecule has 0 aliphatic rings. The maximum atomic E-state index is 9.37. The molecule has 15 heavy (non-hydrogen) atoms. The first kappa shape index (κ1) is 12.2. The molecule has 0 saturated heterocycles. The van der Waals surface area contributed by atoms with Crippen LogP contribution in [0.25, 0.3) is 0 Å². The van der Waals surface area contributed by atoms with Crippen LogP contribution in [0.2, 0.25) is 0 Å². The second kappa shape index (κ2) is 6.55. The van der Waals surface area contributed by atoms with Crippen molar-refractivity contribution in [2.24, 2.45) is 7.05 Å². The van der Waals surface area contributed by atoms with Crippen molar-refractivity contribution >= 4 is 0 Å². The minimum atomic E-state index is -0.378. The van der Waals surface area contributed by atoms with Crippen LogP contribution in [0, 0.1) is 0 Å². The summed E-state index contributed by atoms with van der Waals surface area (Å²) in [5.41, 5.74) is 1.15. The van der Waals surface area contributed by atoms with Crippen LogP contribution in [0.4, 0.5) is 0 Å². The molecule has 0 aliphatic carbocycles. The average Bonchev–Trinajstić information content (AvgIpc) is 2.60. The van der Waals surface area contributed by atoms with Gasteiger partial charge in [0, 0.05) is 32.5 Å². The molecular weight excluding hydrogens is 194 g/mol. The number of ether oxygens (including phenoxy) is 1. The molecule has 1 atom stereocenters. The quantitative estimate of drug-likeness (QED) is 0.621. The third kappa shape index (κ3) is 4.92. The fraction of sp³-hybridized carbons (Fsp3) is 0.700. The van der Waals surface area contributed by atoms with E-state index in [9.17, 15) is 5.11 Å². The molecule has 0 aromatic carbocycles. The molecule has 0 aliphatic heterocycles. The summed E-state index contributed by atoms with van der Waals surface area (Å²) in [7, 11) is 3.48. The number of aliphatic hydroxyl groups excluding tert-OH is 1. The Morgan fingerprint density at radius 2 is 2.47 bits per heavy atom. The Kier molecular flexibility index (Phi) is 5.31. The van der Waals surface area contributed by atoms with Gasteiger partial charge in [-0.3, -0.25) is 4.68 Å². The molecule has 1 aromatic rings. The van der Waals surface area contributed by atoms with E-state index in [1.54, 1.807) is 11.8 Å². The van der Waals surface area contributed by atoms with Gasteiger partial charge in [-0.2, -0.15) is 5.10 Å². The van der Waals surface area contributed by atoms with Crippen LogP contribution in [-0.4, -0.2) is 41.3 Å². The molecule has 5 nitrogen and oxygen atoms in total. The number of methoxy groups -OCH3 is 1. The molecule has 1 heterocycles. The molecule has 2 N–H and O–H groups in total. The highest BCUT2D eigenvalue weighted by Gasteiger charge is 2.02. The topological polar surface area (TPSA) is 59.3 Å². The molecule has 0 radical (unpaired) electrons. The molecule has 1 unspecified atom stereocenters. The Morgan fingerprint density at radius 1 is 1.67 bits per heavy atom. The van der Waals surface area contributed by atoms with E-state index in [2.05, 4.69) is 10.4 Å². The Morgan fingerprint density at radius 3 is 3.07 bits per heavy atom. The van der Waals surface area contributed by atoms with Gasteiger partial charge >= 0.3 is 0 Å². The fourth-order valence-corrected chi connectivity index (χ4v) is 1.34. The zero-order chi connectivity index (χ0) is 11.1. The van der Waals surface area contributed by atoms with Gasteiger partial charge in [-0.05, 0) is 13.0 Å². The van der Waals surface area contributed by atoms with Gasteiger partial charge in [0.25, 0.3) is 0 Å². The average molecular weight is 213 g/mol. The van der Waals surface area contributed by atoms with E-state index < -0.39 is 0 Å². The van der Waals surface area contributed by atoms with Crippen LogP contribution in [0.1, 0.15) is 12.0 Å². The Balaban J connectivity index is 2.06. The highest BCUT2D eigenvalue weighted by atomic mass is 16.5. The summed E-state index contributed by atoms with van der Waals surface area (Å²) in [6.07, 6.45) is 4.13. The fourth-order valence-electron chi connectivity index (χ4n) is 1.34. The van der Waals surface area contributed by atoms with Crippen molar-refractivity contribution in [1.82, 2.24) is 15.1 Å². The minimum Gasteiger partial charge on any atom is -0.391 e. The van der Waals surface area contributed by atoms with Gasteiger partial charge in [0.1, 0.15) is 0 Å². The third-order valence-corrected chi connectivity index (χ3v) is 2.10. The summed E-state index contributed by atoms with van der Waals surface area (Å²) >= 11 is 0. The smallest absolute Gasteiger partial charge is 0.0785 e. The predicted molar refractivity (Wildman–Crippen MR) is 57.4 cm³/mol. The monoisotopic (exact) mass is 213 g/mol. The van der Waals surface area contributed by atoms with Gasteiger partial charge in [0.05, 0.1) is 18.9 Å². The zero-order valence-electron chi connectivity index (χ0n) is 9.31. The van der Waals surface area contributed by atoms with Crippen LogP contribution in [0.15, 0.2) is 12.4 Å². The van der Waals surface area contributed by atoms with E-state index in [4.69, 9.17) is 4.74 Å². The van der Waals surface area contributed by atoms with Gasteiger partial charge in [0.15, 0.2) is 0 Å². The molecule has 0 amide bonds. The maximum Gasteiger partial charge on any atom is 0.0785 e. The number of rotatable bonds is 7. The SMILES string of the molecule is COCC(O)CCNCc1cnn(C)c1. The van der Waals surface area contributed by atoms with Crippen molar-refractivity contribution in [3.63, 3.8) is 0 Å². The van der Waals surface area contributed by atoms with Crippen LogP contribution >= 0.6 is 0 Å². The standard InChI is InChI=1S/C10H19N3O2/c1-13-7-9(6-12-13)5-11-4-3-10(14)8-15-2/h6-7,10-11,14H,3-5,8H2,1-2H3. The lowest BCUT2D eigenvalue weighted by molar-refractivity contribution is 0.0594. The summed E-state index contributed by atoms with van der Waals surface area (Å²) in [6, 6.07) is 0. The lowest BCUT2D eigenvalue weighted by atomic mass is 10.2. The number of nitrogens with zero attached hydrogens (tertiary/aromatic N) is 2. The number of hydrogen-bond donors (Lipinski definition) is 2. The van der Waals surface area contributed by atoms with Crippen molar-refractivity contribution in [3.05, 3.63) is 18.0 Å². The van der Waals surface area contributed by atoms with Crippen molar-refractivity contribution in [2.45, 2.75) is 19.1 Å². The van der Waals surface area contributed by atoms with Crippen molar-refractivity contribution in [3.8, 4) is 0 Å². The zero-order valence-corrected chi connectivity index (χ0v) is 9.31. The summed E-state index contributed by atoms with van der Waals surface area (Å²) in [4.78, 5) is 0. The molecule has 0 bridgehead atoms. The van der Waals surface area contributed by atoms with E-state index in [1.807, 2.05) is 19.4 Å². The number of aliphatic hydroxyl groups is 1. The van der Waals surface area contributed by atoms with Gasteiger partial charge in [-0.15, -0.1) is 0 Å². The summed E-state index contributed by atoms with van der Waals surface area (Å²) < 4.78 is 6.61. The molecule has 0 saturated carbocycles. The summed E-state index contributed by atoms with van der Waals surface area (Å²) in [6.45, 7) is 1.96. The van der Waals surface area contributed by atoms with Gasteiger partial charge in [-0.25, -0.2) is 0 Å². The van der Waals surface area contributed by atoms with Gasteiger partial charge < -0.3 is 15.2 Å². The van der Waals surface area contributed by atoms with E-state index in [1.165, 1.54) is 0 Å². The third-order valence-electron chi connectivity index (χ3n) is 2.10. The maximum absolute atomic E-state index is 9.37.